The zero-order valence-corrected chi connectivity index (χ0v) is 17.3. The summed E-state index contributed by atoms with van der Waals surface area (Å²) in [6, 6.07) is 4.83. The van der Waals surface area contributed by atoms with Crippen LogP contribution in [0.4, 0.5) is 4.39 Å². The number of aryl methyl sites for hydroxylation is 1. The Morgan fingerprint density at radius 1 is 1.28 bits per heavy atom. The lowest BCUT2D eigenvalue weighted by Gasteiger charge is -2.31. The molecular weight excluding hydrogens is 389 g/mol. The summed E-state index contributed by atoms with van der Waals surface area (Å²) < 4.78 is 15.2. The van der Waals surface area contributed by atoms with Crippen LogP contribution >= 0.6 is 11.8 Å². The van der Waals surface area contributed by atoms with Crippen LogP contribution in [-0.4, -0.2) is 50.0 Å². The predicted octanol–water partition coefficient (Wildman–Crippen LogP) is 3.09. The van der Waals surface area contributed by atoms with Gasteiger partial charge in [-0.3, -0.25) is 14.5 Å². The Morgan fingerprint density at radius 3 is 2.93 bits per heavy atom. The molecular formula is C21H24FN5OS. The van der Waals surface area contributed by atoms with Crippen LogP contribution in [0.25, 0.3) is 10.9 Å². The number of piperidine rings is 1. The van der Waals surface area contributed by atoms with Gasteiger partial charge in [-0.05, 0) is 57.5 Å². The highest BCUT2D eigenvalue weighted by molar-refractivity contribution is 7.99. The molecule has 2 aliphatic heterocycles. The zero-order chi connectivity index (χ0) is 20.0. The number of rotatable bonds is 4. The van der Waals surface area contributed by atoms with E-state index < -0.39 is 0 Å². The fraction of sp³-hybridized carbons (Fsp3) is 0.476. The average molecular weight is 414 g/mol. The van der Waals surface area contributed by atoms with Crippen LogP contribution in [0.15, 0.2) is 28.2 Å². The van der Waals surface area contributed by atoms with Gasteiger partial charge in [-0.2, -0.15) is 5.10 Å². The molecule has 2 aromatic heterocycles. The van der Waals surface area contributed by atoms with Gasteiger partial charge in [0, 0.05) is 41.4 Å². The van der Waals surface area contributed by atoms with Gasteiger partial charge in [-0.15, -0.1) is 0 Å². The third kappa shape index (κ3) is 3.48. The Balaban J connectivity index is 1.23. The number of nitrogens with one attached hydrogen (secondary N) is 1. The largest absolute Gasteiger partial charge is 0.303 e. The fourth-order valence-electron chi connectivity index (χ4n) is 4.52. The molecule has 0 spiro atoms. The normalized spacial score (nSPS) is 17.9. The first-order valence-electron chi connectivity index (χ1n) is 10.2. The summed E-state index contributed by atoms with van der Waals surface area (Å²) in [5, 5.41) is 9.33. The van der Waals surface area contributed by atoms with E-state index in [1.807, 2.05) is 17.6 Å². The highest BCUT2D eigenvalue weighted by atomic mass is 32.2. The van der Waals surface area contributed by atoms with E-state index in [1.54, 1.807) is 11.8 Å². The second-order valence-corrected chi connectivity index (χ2v) is 8.99. The number of halogens is 1. The van der Waals surface area contributed by atoms with Crippen molar-refractivity contribution >= 4 is 22.7 Å². The van der Waals surface area contributed by atoms with Crippen LogP contribution in [0.1, 0.15) is 35.7 Å². The number of fused-ring (bicyclic) bond motifs is 2. The van der Waals surface area contributed by atoms with E-state index in [2.05, 4.69) is 20.1 Å². The van der Waals surface area contributed by atoms with Gasteiger partial charge in [0.1, 0.15) is 5.82 Å². The van der Waals surface area contributed by atoms with Crippen LogP contribution in [0.5, 0.6) is 0 Å². The Hall–Kier alpha value is -2.19. The number of nitrogens with zero attached hydrogens (tertiary/aromatic N) is 4. The molecule has 1 saturated heterocycles. The molecule has 3 aromatic rings. The molecule has 0 saturated carbocycles. The van der Waals surface area contributed by atoms with E-state index in [0.29, 0.717) is 5.92 Å². The number of likely N-dealkylation sites (tertiary alicyclic amines) is 1. The lowest BCUT2D eigenvalue weighted by atomic mass is 9.91. The van der Waals surface area contributed by atoms with Gasteiger partial charge in [-0.25, -0.2) is 9.37 Å². The monoisotopic (exact) mass is 413 g/mol. The molecule has 0 radical (unpaired) electrons. The van der Waals surface area contributed by atoms with Crippen molar-refractivity contribution in [1.29, 1.82) is 0 Å². The third-order valence-corrected chi connectivity index (χ3v) is 7.14. The molecule has 0 bridgehead atoms. The van der Waals surface area contributed by atoms with Gasteiger partial charge in [-0.1, -0.05) is 11.8 Å². The Morgan fingerprint density at radius 2 is 2.10 bits per heavy atom. The SMILES string of the molecule is Cc1nc2n(c(=O)c1CCN1CCC(c3n[nH]c4cc(F)ccc34)CC1)CCS2. The van der Waals surface area contributed by atoms with Crippen molar-refractivity contribution < 1.29 is 4.39 Å². The van der Waals surface area contributed by atoms with Gasteiger partial charge in [0.15, 0.2) is 5.16 Å². The predicted molar refractivity (Wildman–Crippen MR) is 112 cm³/mol. The van der Waals surface area contributed by atoms with Gasteiger partial charge in [0.25, 0.3) is 5.56 Å². The average Bonchev–Trinajstić information content (AvgIpc) is 3.35. The Labute approximate surface area is 172 Å². The van der Waals surface area contributed by atoms with Crippen molar-refractivity contribution in [2.24, 2.45) is 0 Å². The molecule has 1 N–H and O–H groups in total. The minimum Gasteiger partial charge on any atom is -0.303 e. The number of benzene rings is 1. The maximum Gasteiger partial charge on any atom is 0.257 e. The number of thioether (sulfide) groups is 1. The van der Waals surface area contributed by atoms with Crippen molar-refractivity contribution in [1.82, 2.24) is 24.6 Å². The minimum atomic E-state index is -0.242. The van der Waals surface area contributed by atoms with Crippen molar-refractivity contribution in [3.63, 3.8) is 0 Å². The summed E-state index contributed by atoms with van der Waals surface area (Å²) in [6.07, 6.45) is 2.79. The highest BCUT2D eigenvalue weighted by Gasteiger charge is 2.25. The number of H-pyrrole nitrogens is 1. The van der Waals surface area contributed by atoms with Crippen LogP contribution in [-0.2, 0) is 13.0 Å². The lowest BCUT2D eigenvalue weighted by Crippen LogP contribution is -2.36. The number of aromatic amines is 1. The Bertz CT molecular complexity index is 1120. The second-order valence-electron chi connectivity index (χ2n) is 7.93. The smallest absolute Gasteiger partial charge is 0.257 e. The van der Waals surface area contributed by atoms with Crippen LogP contribution in [0, 0.1) is 12.7 Å². The summed E-state index contributed by atoms with van der Waals surface area (Å²) in [4.78, 5) is 19.8. The van der Waals surface area contributed by atoms with Gasteiger partial charge >= 0.3 is 0 Å². The van der Waals surface area contributed by atoms with Crippen molar-refractivity contribution in [2.45, 2.75) is 43.8 Å². The van der Waals surface area contributed by atoms with Crippen LogP contribution in [0.3, 0.4) is 0 Å². The fourth-order valence-corrected chi connectivity index (χ4v) is 5.51. The zero-order valence-electron chi connectivity index (χ0n) is 16.4. The number of aromatic nitrogens is 4. The molecule has 0 atom stereocenters. The van der Waals surface area contributed by atoms with Gasteiger partial charge in [0.05, 0.1) is 11.2 Å². The lowest BCUT2D eigenvalue weighted by molar-refractivity contribution is 0.213. The molecule has 0 unspecified atom stereocenters. The molecule has 6 nitrogen and oxygen atoms in total. The molecule has 5 rings (SSSR count). The van der Waals surface area contributed by atoms with Crippen molar-refractivity contribution in [3.8, 4) is 0 Å². The maximum absolute atomic E-state index is 13.4. The molecule has 29 heavy (non-hydrogen) atoms. The van der Waals surface area contributed by atoms with Crippen molar-refractivity contribution in [2.75, 3.05) is 25.4 Å². The molecule has 2 aliphatic rings. The summed E-state index contributed by atoms with van der Waals surface area (Å²) in [7, 11) is 0. The van der Waals surface area contributed by atoms with Crippen molar-refractivity contribution in [3.05, 3.63) is 51.3 Å². The quantitative estimate of drug-likeness (QED) is 0.666. The number of hydrogen-bond donors (Lipinski definition) is 1. The summed E-state index contributed by atoms with van der Waals surface area (Å²) in [6.45, 7) is 5.56. The molecule has 8 heteroatoms. The van der Waals surface area contributed by atoms with E-state index in [4.69, 9.17) is 0 Å². The topological polar surface area (TPSA) is 66.8 Å². The van der Waals surface area contributed by atoms with E-state index in [1.165, 1.54) is 12.1 Å². The molecule has 0 amide bonds. The standard InChI is InChI=1S/C21H24FN5OS/c1-13-16(20(28)27-10-11-29-21(27)23-13)6-9-26-7-4-14(5-8-26)19-17-3-2-15(22)12-18(17)24-25-19/h2-3,12,14H,4-11H2,1H3,(H,24,25). The minimum absolute atomic E-state index is 0.141. The first-order chi connectivity index (χ1) is 14.1. The molecule has 4 heterocycles. The van der Waals surface area contributed by atoms with E-state index in [0.717, 1.165) is 84.2 Å². The maximum atomic E-state index is 13.4. The Kier molecular flexibility index (Phi) is 4.91. The van der Waals surface area contributed by atoms with Crippen LogP contribution in [0.2, 0.25) is 0 Å². The van der Waals surface area contributed by atoms with Gasteiger partial charge in [0.2, 0.25) is 0 Å². The van der Waals surface area contributed by atoms with E-state index in [-0.39, 0.29) is 11.4 Å². The molecule has 152 valence electrons. The van der Waals surface area contributed by atoms with Gasteiger partial charge < -0.3 is 4.90 Å². The molecule has 1 aromatic carbocycles. The van der Waals surface area contributed by atoms with E-state index >= 15 is 0 Å². The number of hydrogen-bond acceptors (Lipinski definition) is 5. The second kappa shape index (κ2) is 7.57. The summed E-state index contributed by atoms with van der Waals surface area (Å²) in [5.41, 5.74) is 3.69. The third-order valence-electron chi connectivity index (χ3n) is 6.19. The van der Waals surface area contributed by atoms with Crippen LogP contribution < -0.4 is 5.56 Å². The highest BCUT2D eigenvalue weighted by Crippen LogP contribution is 2.31. The first kappa shape index (κ1) is 18.8. The first-order valence-corrected chi connectivity index (χ1v) is 11.2. The molecule has 1 fully saturated rings. The molecule has 0 aliphatic carbocycles. The summed E-state index contributed by atoms with van der Waals surface area (Å²) >= 11 is 1.66. The van der Waals surface area contributed by atoms with E-state index in [9.17, 15) is 9.18 Å². The summed E-state index contributed by atoms with van der Waals surface area (Å²) in [5.74, 6) is 1.08.